The molecule has 0 bridgehead atoms. The zero-order chi connectivity index (χ0) is 19.7. The molecule has 1 saturated carbocycles. The Kier molecular flexibility index (Phi) is 5.46. The van der Waals surface area contributed by atoms with E-state index in [-0.39, 0.29) is 11.9 Å². The molecule has 2 heterocycles. The molecule has 7 heteroatoms. The molecule has 0 unspecified atom stereocenters. The van der Waals surface area contributed by atoms with Crippen molar-refractivity contribution >= 4 is 32.7 Å². The van der Waals surface area contributed by atoms with E-state index in [0.717, 1.165) is 52.4 Å². The molecule has 6 nitrogen and oxygen atoms in total. The molecule has 0 spiro atoms. The first-order valence-corrected chi connectivity index (χ1v) is 10.3. The maximum Gasteiger partial charge on any atom is 0.252 e. The van der Waals surface area contributed by atoms with E-state index in [1.807, 2.05) is 35.9 Å². The van der Waals surface area contributed by atoms with Crippen molar-refractivity contribution in [2.45, 2.75) is 37.8 Å². The van der Waals surface area contributed by atoms with Gasteiger partial charge in [-0.25, -0.2) is 9.97 Å². The summed E-state index contributed by atoms with van der Waals surface area (Å²) in [5.74, 6) is -0.0604. The van der Waals surface area contributed by atoms with E-state index < -0.39 is 0 Å². The first kappa shape index (κ1) is 19.1. The van der Waals surface area contributed by atoms with Gasteiger partial charge in [-0.1, -0.05) is 12.1 Å². The highest BCUT2D eigenvalue weighted by Crippen LogP contribution is 2.29. The second kappa shape index (κ2) is 8.01. The number of para-hydroxylation sites is 1. The van der Waals surface area contributed by atoms with Crippen molar-refractivity contribution in [3.05, 3.63) is 46.8 Å². The van der Waals surface area contributed by atoms with E-state index in [9.17, 15) is 4.79 Å². The predicted molar refractivity (Wildman–Crippen MR) is 112 cm³/mol. The third-order valence-corrected chi connectivity index (χ3v) is 6.10. The Balaban J connectivity index is 1.70. The Morgan fingerprint density at radius 3 is 2.75 bits per heavy atom. The smallest absolute Gasteiger partial charge is 0.252 e. The van der Waals surface area contributed by atoms with E-state index in [4.69, 9.17) is 9.72 Å². The summed E-state index contributed by atoms with van der Waals surface area (Å²) in [5, 5.41) is 4.05. The summed E-state index contributed by atoms with van der Waals surface area (Å²) in [4.78, 5) is 22.2. The van der Waals surface area contributed by atoms with Crippen LogP contribution in [0.4, 0.5) is 0 Å². The second-order valence-electron chi connectivity index (χ2n) is 7.26. The number of amides is 1. The van der Waals surface area contributed by atoms with Crippen molar-refractivity contribution < 1.29 is 9.53 Å². The number of fused-ring (bicyclic) bond motifs is 1. The minimum atomic E-state index is -0.0604. The Labute approximate surface area is 172 Å². The maximum atomic E-state index is 13.2. The molecule has 0 saturated heterocycles. The first-order valence-electron chi connectivity index (χ1n) is 9.46. The van der Waals surface area contributed by atoms with Crippen molar-refractivity contribution in [2.24, 2.45) is 7.05 Å². The van der Waals surface area contributed by atoms with Gasteiger partial charge in [0.05, 0.1) is 41.1 Å². The Bertz CT molecular complexity index is 1010. The molecule has 1 fully saturated rings. The normalized spacial score (nSPS) is 19.7. The summed E-state index contributed by atoms with van der Waals surface area (Å²) < 4.78 is 8.20. The Morgan fingerprint density at radius 2 is 2.07 bits per heavy atom. The van der Waals surface area contributed by atoms with Crippen LogP contribution >= 0.6 is 15.9 Å². The molecule has 1 aliphatic rings. The molecule has 146 valence electrons. The summed E-state index contributed by atoms with van der Waals surface area (Å²) in [7, 11) is 3.67. The number of halogens is 1. The number of pyridine rings is 1. The number of aromatic nitrogens is 3. The number of methoxy groups -OCH3 is 1. The van der Waals surface area contributed by atoms with Gasteiger partial charge in [0.1, 0.15) is 0 Å². The van der Waals surface area contributed by atoms with E-state index in [1.165, 1.54) is 0 Å². The van der Waals surface area contributed by atoms with Gasteiger partial charge in [-0.15, -0.1) is 0 Å². The topological polar surface area (TPSA) is 69.0 Å². The van der Waals surface area contributed by atoms with E-state index >= 15 is 0 Å². The molecule has 1 aliphatic carbocycles. The van der Waals surface area contributed by atoms with Gasteiger partial charge in [-0.3, -0.25) is 4.79 Å². The number of ether oxygens (including phenoxy) is 1. The van der Waals surface area contributed by atoms with Gasteiger partial charge < -0.3 is 14.6 Å². The summed E-state index contributed by atoms with van der Waals surface area (Å²) in [6.45, 7) is 0. The Hall–Kier alpha value is -2.25. The summed E-state index contributed by atoms with van der Waals surface area (Å²) in [6, 6.07) is 7.85. The van der Waals surface area contributed by atoms with Crippen LogP contribution in [-0.4, -0.2) is 39.7 Å². The average Bonchev–Trinajstić information content (AvgIpc) is 3.14. The molecule has 3 aromatic rings. The highest BCUT2D eigenvalue weighted by molar-refractivity contribution is 9.10. The number of rotatable bonds is 4. The molecule has 1 amide bonds. The molecule has 28 heavy (non-hydrogen) atoms. The van der Waals surface area contributed by atoms with E-state index in [0.29, 0.717) is 11.7 Å². The van der Waals surface area contributed by atoms with E-state index in [2.05, 4.69) is 26.2 Å². The van der Waals surface area contributed by atoms with Crippen molar-refractivity contribution in [3.8, 4) is 11.4 Å². The minimum Gasteiger partial charge on any atom is -0.381 e. The molecular weight excluding hydrogens is 420 g/mol. The number of carbonyl (C=O) groups excluding carboxylic acids is 1. The fourth-order valence-corrected chi connectivity index (χ4v) is 4.30. The first-order chi connectivity index (χ1) is 13.6. The number of carbonyl (C=O) groups is 1. The van der Waals surface area contributed by atoms with Gasteiger partial charge in [-0.05, 0) is 53.7 Å². The quantitative estimate of drug-likeness (QED) is 0.660. The molecule has 4 rings (SSSR count). The average molecular weight is 443 g/mol. The third kappa shape index (κ3) is 3.69. The van der Waals surface area contributed by atoms with Crippen LogP contribution in [-0.2, 0) is 11.8 Å². The molecule has 0 aliphatic heterocycles. The number of hydrogen-bond acceptors (Lipinski definition) is 4. The van der Waals surface area contributed by atoms with Gasteiger partial charge in [0.2, 0.25) is 0 Å². The van der Waals surface area contributed by atoms with Crippen molar-refractivity contribution in [1.29, 1.82) is 0 Å². The highest BCUT2D eigenvalue weighted by atomic mass is 79.9. The fraction of sp³-hybridized carbons (Fsp3) is 0.381. The van der Waals surface area contributed by atoms with Crippen LogP contribution in [0.2, 0.25) is 0 Å². The number of benzene rings is 1. The summed E-state index contributed by atoms with van der Waals surface area (Å²) in [6.07, 6.45) is 7.63. The van der Waals surface area contributed by atoms with Crippen LogP contribution in [0.3, 0.4) is 0 Å². The van der Waals surface area contributed by atoms with Crippen LogP contribution < -0.4 is 5.32 Å². The lowest BCUT2D eigenvalue weighted by atomic mass is 9.92. The van der Waals surface area contributed by atoms with Crippen LogP contribution in [0.5, 0.6) is 0 Å². The third-order valence-electron chi connectivity index (χ3n) is 5.46. The molecule has 2 aromatic heterocycles. The van der Waals surface area contributed by atoms with Crippen molar-refractivity contribution in [1.82, 2.24) is 19.9 Å². The largest absolute Gasteiger partial charge is 0.381 e. The monoisotopic (exact) mass is 442 g/mol. The zero-order valence-electron chi connectivity index (χ0n) is 16.0. The minimum absolute atomic E-state index is 0.0604. The van der Waals surface area contributed by atoms with Crippen LogP contribution in [0.1, 0.15) is 36.0 Å². The number of aryl methyl sites for hydroxylation is 1. The fourth-order valence-electron chi connectivity index (χ4n) is 3.84. The second-order valence-corrected chi connectivity index (χ2v) is 8.12. The number of nitrogens with one attached hydrogen (secondary N) is 1. The highest BCUT2D eigenvalue weighted by Gasteiger charge is 2.24. The standard InChI is InChI=1S/C21H23BrN4O2/c1-26-12-23-11-19(26)18-10-16(15-4-3-5-17(22)20(15)25-18)21(27)24-13-6-8-14(28-2)9-7-13/h3-5,10-14H,6-9H2,1-2H3,(H,24,27)/t13-,14-. The number of imidazole rings is 1. The lowest BCUT2D eigenvalue weighted by Crippen LogP contribution is -2.39. The van der Waals surface area contributed by atoms with Gasteiger partial charge in [0, 0.05) is 30.1 Å². The molecule has 1 N–H and O–H groups in total. The molecule has 0 atom stereocenters. The summed E-state index contributed by atoms with van der Waals surface area (Å²) in [5.41, 5.74) is 3.01. The zero-order valence-corrected chi connectivity index (χ0v) is 17.6. The number of nitrogens with zero attached hydrogens (tertiary/aromatic N) is 3. The van der Waals surface area contributed by atoms with Crippen LogP contribution in [0, 0.1) is 0 Å². The lowest BCUT2D eigenvalue weighted by molar-refractivity contribution is 0.0599. The molecule has 0 radical (unpaired) electrons. The van der Waals surface area contributed by atoms with Crippen LogP contribution in [0.15, 0.2) is 41.3 Å². The molecular formula is C21H23BrN4O2. The van der Waals surface area contributed by atoms with Crippen molar-refractivity contribution in [2.75, 3.05) is 7.11 Å². The predicted octanol–water partition coefficient (Wildman–Crippen LogP) is 4.09. The van der Waals surface area contributed by atoms with E-state index in [1.54, 1.807) is 19.6 Å². The molecule has 1 aromatic carbocycles. The number of hydrogen-bond donors (Lipinski definition) is 1. The van der Waals surface area contributed by atoms with Gasteiger partial charge >= 0.3 is 0 Å². The van der Waals surface area contributed by atoms with Gasteiger partial charge in [0.25, 0.3) is 5.91 Å². The summed E-state index contributed by atoms with van der Waals surface area (Å²) >= 11 is 3.58. The van der Waals surface area contributed by atoms with Crippen LogP contribution in [0.25, 0.3) is 22.3 Å². The Morgan fingerprint density at radius 1 is 1.29 bits per heavy atom. The van der Waals surface area contributed by atoms with Crippen molar-refractivity contribution in [3.63, 3.8) is 0 Å². The van der Waals surface area contributed by atoms with Gasteiger partial charge in [-0.2, -0.15) is 0 Å². The SMILES string of the molecule is CO[C@H]1CC[C@H](NC(=O)c2cc(-c3cncn3C)nc3c(Br)cccc23)CC1. The lowest BCUT2D eigenvalue weighted by Gasteiger charge is -2.28. The maximum absolute atomic E-state index is 13.2. The van der Waals surface area contributed by atoms with Gasteiger partial charge in [0.15, 0.2) is 0 Å².